The summed E-state index contributed by atoms with van der Waals surface area (Å²) in [6, 6.07) is 10.3. The monoisotopic (exact) mass is 359 g/mol. The zero-order valence-electron chi connectivity index (χ0n) is 13.3. The SMILES string of the molecule is CCn1c(=NC(=O)Cc2ccc(F)cc2)sc2cc([N+](=O)[O-])ccc21. The topological polar surface area (TPSA) is 77.5 Å². The van der Waals surface area contributed by atoms with Crippen molar-refractivity contribution in [3.63, 3.8) is 0 Å². The predicted molar refractivity (Wildman–Crippen MR) is 92.8 cm³/mol. The van der Waals surface area contributed by atoms with Crippen LogP contribution in [0.5, 0.6) is 0 Å². The molecular weight excluding hydrogens is 345 g/mol. The van der Waals surface area contributed by atoms with Crippen LogP contribution in [0.2, 0.25) is 0 Å². The molecule has 0 aliphatic heterocycles. The number of aromatic nitrogens is 1. The van der Waals surface area contributed by atoms with Gasteiger partial charge in [0.15, 0.2) is 4.80 Å². The molecule has 0 saturated heterocycles. The standard InChI is InChI=1S/C17H14FN3O3S/c1-2-20-14-8-7-13(21(23)24)10-15(14)25-17(20)19-16(22)9-11-3-5-12(18)6-4-11/h3-8,10H,2,9H2,1H3. The van der Waals surface area contributed by atoms with E-state index in [4.69, 9.17) is 0 Å². The third-order valence-corrected chi connectivity index (χ3v) is 4.72. The van der Waals surface area contributed by atoms with E-state index in [-0.39, 0.29) is 23.8 Å². The molecule has 25 heavy (non-hydrogen) atoms. The fraction of sp³-hybridized carbons (Fsp3) is 0.176. The van der Waals surface area contributed by atoms with Crippen LogP contribution in [-0.2, 0) is 17.8 Å². The summed E-state index contributed by atoms with van der Waals surface area (Å²) in [6.07, 6.45) is 0.0678. The van der Waals surface area contributed by atoms with E-state index in [1.54, 1.807) is 18.2 Å². The fourth-order valence-electron chi connectivity index (χ4n) is 2.49. The van der Waals surface area contributed by atoms with Gasteiger partial charge < -0.3 is 4.57 Å². The molecule has 3 aromatic rings. The van der Waals surface area contributed by atoms with E-state index < -0.39 is 4.92 Å². The molecular formula is C17H14FN3O3S. The minimum absolute atomic E-state index is 0.00110. The van der Waals surface area contributed by atoms with Crippen LogP contribution in [0.3, 0.4) is 0 Å². The molecule has 0 radical (unpaired) electrons. The summed E-state index contributed by atoms with van der Waals surface area (Å²) in [4.78, 5) is 27.3. The van der Waals surface area contributed by atoms with Gasteiger partial charge in [0.05, 0.1) is 21.6 Å². The summed E-state index contributed by atoms with van der Waals surface area (Å²) in [5.41, 5.74) is 1.47. The van der Waals surface area contributed by atoms with Gasteiger partial charge in [-0.25, -0.2) is 4.39 Å². The molecule has 0 aliphatic rings. The molecule has 0 atom stereocenters. The van der Waals surface area contributed by atoms with Crippen LogP contribution < -0.4 is 4.80 Å². The molecule has 6 nitrogen and oxygen atoms in total. The lowest BCUT2D eigenvalue weighted by molar-refractivity contribution is -0.384. The number of nitro groups is 1. The highest BCUT2D eigenvalue weighted by Crippen LogP contribution is 2.23. The highest BCUT2D eigenvalue weighted by Gasteiger charge is 2.12. The van der Waals surface area contributed by atoms with Crippen molar-refractivity contribution >= 4 is 33.1 Å². The Labute approximate surface area is 146 Å². The summed E-state index contributed by atoms with van der Waals surface area (Å²) >= 11 is 1.23. The number of carbonyl (C=O) groups excluding carboxylic acids is 1. The number of non-ortho nitro benzene ring substituents is 1. The lowest BCUT2D eigenvalue weighted by Gasteiger charge is -2.00. The van der Waals surface area contributed by atoms with Crippen molar-refractivity contribution in [1.82, 2.24) is 4.57 Å². The van der Waals surface area contributed by atoms with Gasteiger partial charge in [-0.05, 0) is 30.7 Å². The quantitative estimate of drug-likeness (QED) is 0.529. The Balaban J connectivity index is 1.98. The molecule has 0 fully saturated rings. The molecule has 0 unspecified atom stereocenters. The molecule has 0 N–H and O–H groups in total. The van der Waals surface area contributed by atoms with Crippen LogP contribution in [0.25, 0.3) is 10.2 Å². The molecule has 2 aromatic carbocycles. The van der Waals surface area contributed by atoms with Crippen molar-refractivity contribution in [2.24, 2.45) is 4.99 Å². The van der Waals surface area contributed by atoms with Crippen LogP contribution in [0.4, 0.5) is 10.1 Å². The van der Waals surface area contributed by atoms with E-state index in [1.165, 1.54) is 35.6 Å². The minimum atomic E-state index is -0.452. The molecule has 1 heterocycles. The maximum atomic E-state index is 12.9. The Morgan fingerprint density at radius 2 is 2.00 bits per heavy atom. The number of aryl methyl sites for hydroxylation is 1. The van der Waals surface area contributed by atoms with Gasteiger partial charge in [-0.1, -0.05) is 23.5 Å². The molecule has 1 aromatic heterocycles. The van der Waals surface area contributed by atoms with Crippen LogP contribution in [0.1, 0.15) is 12.5 Å². The minimum Gasteiger partial charge on any atom is -0.317 e. The number of carbonyl (C=O) groups is 1. The number of rotatable bonds is 4. The zero-order valence-corrected chi connectivity index (χ0v) is 14.1. The van der Waals surface area contributed by atoms with E-state index in [1.807, 2.05) is 11.5 Å². The summed E-state index contributed by atoms with van der Waals surface area (Å²) in [6.45, 7) is 2.50. The molecule has 0 spiro atoms. The van der Waals surface area contributed by atoms with Crippen LogP contribution >= 0.6 is 11.3 Å². The second kappa shape index (κ2) is 6.94. The van der Waals surface area contributed by atoms with Gasteiger partial charge in [0, 0.05) is 18.7 Å². The average molecular weight is 359 g/mol. The van der Waals surface area contributed by atoms with Gasteiger partial charge in [0.25, 0.3) is 11.6 Å². The lowest BCUT2D eigenvalue weighted by Crippen LogP contribution is -2.16. The third-order valence-electron chi connectivity index (χ3n) is 3.68. The van der Waals surface area contributed by atoms with Crippen LogP contribution in [0, 0.1) is 15.9 Å². The van der Waals surface area contributed by atoms with Crippen molar-refractivity contribution in [2.75, 3.05) is 0 Å². The first-order valence-electron chi connectivity index (χ1n) is 7.57. The molecule has 0 aliphatic carbocycles. The van der Waals surface area contributed by atoms with E-state index >= 15 is 0 Å². The summed E-state index contributed by atoms with van der Waals surface area (Å²) < 4.78 is 15.5. The number of hydrogen-bond donors (Lipinski definition) is 0. The Kier molecular flexibility index (Phi) is 4.71. The summed E-state index contributed by atoms with van der Waals surface area (Å²) in [5.74, 6) is -0.710. The number of nitrogens with zero attached hydrogens (tertiary/aromatic N) is 3. The smallest absolute Gasteiger partial charge is 0.270 e. The van der Waals surface area contributed by atoms with Gasteiger partial charge in [0.2, 0.25) is 0 Å². The number of thiazole rings is 1. The number of halogens is 1. The number of amides is 1. The third kappa shape index (κ3) is 3.63. The largest absolute Gasteiger partial charge is 0.317 e. The maximum Gasteiger partial charge on any atom is 0.270 e. The van der Waals surface area contributed by atoms with Gasteiger partial charge >= 0.3 is 0 Å². The normalized spacial score (nSPS) is 11.8. The second-order valence-electron chi connectivity index (χ2n) is 5.35. The first-order chi connectivity index (χ1) is 12.0. The van der Waals surface area contributed by atoms with E-state index in [0.29, 0.717) is 21.6 Å². The first-order valence-corrected chi connectivity index (χ1v) is 8.39. The molecule has 1 amide bonds. The van der Waals surface area contributed by atoms with Gasteiger partial charge in [-0.3, -0.25) is 14.9 Å². The van der Waals surface area contributed by atoms with Crippen molar-refractivity contribution in [1.29, 1.82) is 0 Å². The van der Waals surface area contributed by atoms with Crippen molar-refractivity contribution in [3.8, 4) is 0 Å². The van der Waals surface area contributed by atoms with Crippen molar-refractivity contribution in [2.45, 2.75) is 19.9 Å². The number of fused-ring (bicyclic) bond motifs is 1. The molecule has 8 heteroatoms. The average Bonchev–Trinajstić information content (AvgIpc) is 2.92. The number of nitro benzene ring substituents is 1. The highest BCUT2D eigenvalue weighted by atomic mass is 32.1. The molecule has 128 valence electrons. The highest BCUT2D eigenvalue weighted by molar-refractivity contribution is 7.16. The molecule has 0 bridgehead atoms. The van der Waals surface area contributed by atoms with Gasteiger partial charge in [0.1, 0.15) is 5.82 Å². The number of hydrogen-bond acceptors (Lipinski definition) is 4. The van der Waals surface area contributed by atoms with E-state index in [2.05, 4.69) is 4.99 Å². The second-order valence-corrected chi connectivity index (χ2v) is 6.36. The Morgan fingerprint density at radius 1 is 1.28 bits per heavy atom. The van der Waals surface area contributed by atoms with Gasteiger partial charge in [-0.15, -0.1) is 0 Å². The lowest BCUT2D eigenvalue weighted by atomic mass is 10.1. The maximum absolute atomic E-state index is 12.9. The Hall–Kier alpha value is -2.87. The van der Waals surface area contributed by atoms with Gasteiger partial charge in [-0.2, -0.15) is 4.99 Å². The van der Waals surface area contributed by atoms with Crippen molar-refractivity contribution in [3.05, 3.63) is 68.8 Å². The Morgan fingerprint density at radius 3 is 2.64 bits per heavy atom. The predicted octanol–water partition coefficient (Wildman–Crippen LogP) is 3.44. The first kappa shape index (κ1) is 17.0. The molecule has 3 rings (SSSR count). The molecule has 0 saturated carbocycles. The van der Waals surface area contributed by atoms with Crippen LogP contribution in [0.15, 0.2) is 47.5 Å². The van der Waals surface area contributed by atoms with E-state index in [9.17, 15) is 19.3 Å². The number of benzene rings is 2. The summed E-state index contributed by atoms with van der Waals surface area (Å²) in [7, 11) is 0. The summed E-state index contributed by atoms with van der Waals surface area (Å²) in [5, 5.41) is 10.9. The Bertz CT molecular complexity index is 1020. The van der Waals surface area contributed by atoms with Crippen LogP contribution in [-0.4, -0.2) is 15.4 Å². The van der Waals surface area contributed by atoms with Crippen molar-refractivity contribution < 1.29 is 14.1 Å². The van der Waals surface area contributed by atoms with E-state index in [0.717, 1.165) is 5.52 Å². The fourth-order valence-corrected chi connectivity index (χ4v) is 3.63. The zero-order chi connectivity index (χ0) is 18.0.